The van der Waals surface area contributed by atoms with E-state index in [9.17, 15) is 0 Å². The third-order valence-electron chi connectivity index (χ3n) is 3.04. The van der Waals surface area contributed by atoms with Gasteiger partial charge in [-0.2, -0.15) is 11.8 Å². The summed E-state index contributed by atoms with van der Waals surface area (Å²) in [5, 5.41) is 6.72. The minimum atomic E-state index is 0.223. The molecular formula is C12H25N3OS. The summed E-state index contributed by atoms with van der Waals surface area (Å²) in [6.45, 7) is 10.2. The number of thioether (sulfide) groups is 1. The first-order valence-electron chi connectivity index (χ1n) is 5.98. The van der Waals surface area contributed by atoms with E-state index in [-0.39, 0.29) is 10.2 Å². The zero-order valence-electron chi connectivity index (χ0n) is 11.6. The molecule has 0 bridgehead atoms. The third-order valence-corrected chi connectivity index (χ3v) is 4.29. The number of nitrogens with one attached hydrogen (secondary N) is 2. The van der Waals surface area contributed by atoms with Crippen molar-refractivity contribution in [2.24, 2.45) is 10.4 Å². The van der Waals surface area contributed by atoms with Gasteiger partial charge in [0.05, 0.1) is 13.2 Å². The van der Waals surface area contributed by atoms with Crippen molar-refractivity contribution in [3.05, 3.63) is 0 Å². The monoisotopic (exact) mass is 259 g/mol. The topological polar surface area (TPSA) is 45.7 Å². The Kier molecular flexibility index (Phi) is 5.13. The molecule has 0 aromatic rings. The van der Waals surface area contributed by atoms with E-state index >= 15 is 0 Å². The van der Waals surface area contributed by atoms with Gasteiger partial charge in [-0.1, -0.05) is 6.92 Å². The Balaban J connectivity index is 2.29. The Labute approximate surface area is 109 Å². The SMILES string of the molecule is CN=C(NCC1(C)COC1)NCC(C)(C)SC. The Morgan fingerprint density at radius 2 is 2.06 bits per heavy atom. The van der Waals surface area contributed by atoms with Gasteiger partial charge < -0.3 is 15.4 Å². The zero-order chi connectivity index (χ0) is 12.9. The van der Waals surface area contributed by atoms with Crippen molar-refractivity contribution < 1.29 is 4.74 Å². The van der Waals surface area contributed by atoms with Crippen molar-refractivity contribution in [3.63, 3.8) is 0 Å². The molecule has 0 amide bonds. The van der Waals surface area contributed by atoms with Gasteiger partial charge in [-0.25, -0.2) is 0 Å². The average molecular weight is 259 g/mol. The molecule has 0 aromatic carbocycles. The molecule has 2 N–H and O–H groups in total. The molecule has 0 radical (unpaired) electrons. The summed E-state index contributed by atoms with van der Waals surface area (Å²) in [5.41, 5.74) is 0.270. The van der Waals surface area contributed by atoms with Crippen LogP contribution in [0.2, 0.25) is 0 Å². The molecular weight excluding hydrogens is 234 g/mol. The van der Waals surface area contributed by atoms with Gasteiger partial charge in [0.25, 0.3) is 0 Å². The summed E-state index contributed by atoms with van der Waals surface area (Å²) in [7, 11) is 1.81. The van der Waals surface area contributed by atoms with Gasteiger partial charge in [-0.15, -0.1) is 0 Å². The lowest BCUT2D eigenvalue weighted by atomic mass is 9.89. The van der Waals surface area contributed by atoms with Gasteiger partial charge in [0.15, 0.2) is 5.96 Å². The number of hydrogen-bond acceptors (Lipinski definition) is 3. The van der Waals surface area contributed by atoms with Crippen molar-refractivity contribution in [1.29, 1.82) is 0 Å². The highest BCUT2D eigenvalue weighted by molar-refractivity contribution is 7.99. The largest absolute Gasteiger partial charge is 0.380 e. The number of hydrogen-bond donors (Lipinski definition) is 2. The molecule has 0 aliphatic carbocycles. The van der Waals surface area contributed by atoms with Crippen LogP contribution in [-0.2, 0) is 4.74 Å². The molecule has 1 aliphatic rings. The van der Waals surface area contributed by atoms with Gasteiger partial charge in [-0.05, 0) is 20.1 Å². The summed E-state index contributed by atoms with van der Waals surface area (Å²) in [6.07, 6.45) is 2.13. The number of aliphatic imine (C=N–C) groups is 1. The van der Waals surface area contributed by atoms with Crippen LogP contribution in [0.1, 0.15) is 20.8 Å². The first-order valence-corrected chi connectivity index (χ1v) is 7.21. The van der Waals surface area contributed by atoms with Crippen LogP contribution in [0.5, 0.6) is 0 Å². The van der Waals surface area contributed by atoms with Gasteiger partial charge in [-0.3, -0.25) is 4.99 Å². The lowest BCUT2D eigenvalue weighted by molar-refractivity contribution is -0.0971. The van der Waals surface area contributed by atoms with Crippen molar-refractivity contribution in [1.82, 2.24) is 10.6 Å². The summed E-state index contributed by atoms with van der Waals surface area (Å²) in [6, 6.07) is 0. The predicted octanol–water partition coefficient (Wildman–Crippen LogP) is 1.33. The molecule has 0 spiro atoms. The predicted molar refractivity (Wildman–Crippen MR) is 75.9 cm³/mol. The fraction of sp³-hybridized carbons (Fsp3) is 0.917. The van der Waals surface area contributed by atoms with Crippen LogP contribution in [0.3, 0.4) is 0 Å². The van der Waals surface area contributed by atoms with E-state index in [1.54, 1.807) is 7.05 Å². The quantitative estimate of drug-likeness (QED) is 0.577. The van der Waals surface area contributed by atoms with Gasteiger partial charge in [0.1, 0.15) is 0 Å². The fourth-order valence-corrected chi connectivity index (χ4v) is 1.66. The highest BCUT2D eigenvalue weighted by Gasteiger charge is 2.33. The van der Waals surface area contributed by atoms with Crippen LogP contribution >= 0.6 is 11.8 Å². The standard InChI is InChI=1S/C12H25N3OS/c1-11(2,17-5)6-14-10(13-4)15-7-12(3)8-16-9-12/h6-9H2,1-5H3,(H2,13,14,15). The molecule has 0 unspecified atom stereocenters. The summed E-state index contributed by atoms with van der Waals surface area (Å²) in [5.74, 6) is 0.875. The Morgan fingerprint density at radius 1 is 1.41 bits per heavy atom. The van der Waals surface area contributed by atoms with E-state index < -0.39 is 0 Å². The highest BCUT2D eigenvalue weighted by Crippen LogP contribution is 2.25. The molecule has 4 nitrogen and oxygen atoms in total. The Bertz CT molecular complexity index is 257. The smallest absolute Gasteiger partial charge is 0.191 e. The highest BCUT2D eigenvalue weighted by atomic mass is 32.2. The van der Waals surface area contributed by atoms with E-state index in [1.165, 1.54) is 0 Å². The molecule has 1 rings (SSSR count). The molecule has 1 aliphatic heterocycles. The maximum Gasteiger partial charge on any atom is 0.191 e. The molecule has 1 fully saturated rings. The van der Waals surface area contributed by atoms with Crippen LogP contribution in [0.25, 0.3) is 0 Å². The number of guanidine groups is 1. The second-order valence-electron chi connectivity index (χ2n) is 5.55. The summed E-state index contributed by atoms with van der Waals surface area (Å²) in [4.78, 5) is 4.23. The van der Waals surface area contributed by atoms with E-state index in [4.69, 9.17) is 4.74 Å². The van der Waals surface area contributed by atoms with E-state index in [2.05, 4.69) is 42.7 Å². The van der Waals surface area contributed by atoms with Crippen LogP contribution in [0.4, 0.5) is 0 Å². The molecule has 0 aromatic heterocycles. The minimum Gasteiger partial charge on any atom is -0.380 e. The third kappa shape index (κ3) is 4.76. The maximum atomic E-state index is 5.23. The molecule has 0 saturated carbocycles. The van der Waals surface area contributed by atoms with Gasteiger partial charge in [0.2, 0.25) is 0 Å². The zero-order valence-corrected chi connectivity index (χ0v) is 12.4. The van der Waals surface area contributed by atoms with Crippen LogP contribution in [0, 0.1) is 5.41 Å². The van der Waals surface area contributed by atoms with Gasteiger partial charge >= 0.3 is 0 Å². The lowest BCUT2D eigenvalue weighted by Crippen LogP contribution is -2.52. The average Bonchev–Trinajstić information content (AvgIpc) is 2.27. The van der Waals surface area contributed by atoms with E-state index in [0.29, 0.717) is 0 Å². The summed E-state index contributed by atoms with van der Waals surface area (Å²) < 4.78 is 5.46. The van der Waals surface area contributed by atoms with Crippen molar-refractivity contribution in [3.8, 4) is 0 Å². The fourth-order valence-electron chi connectivity index (χ4n) is 1.44. The molecule has 1 saturated heterocycles. The molecule has 17 heavy (non-hydrogen) atoms. The van der Waals surface area contributed by atoms with Crippen molar-refractivity contribution in [2.45, 2.75) is 25.5 Å². The second kappa shape index (κ2) is 5.96. The Morgan fingerprint density at radius 3 is 2.47 bits per heavy atom. The second-order valence-corrected chi connectivity index (χ2v) is 7.06. The lowest BCUT2D eigenvalue weighted by Gasteiger charge is -2.38. The normalized spacial score (nSPS) is 19.7. The Hall–Kier alpha value is -0.420. The minimum absolute atomic E-state index is 0.223. The maximum absolute atomic E-state index is 5.23. The summed E-state index contributed by atoms with van der Waals surface area (Å²) >= 11 is 1.85. The number of ether oxygens (including phenoxy) is 1. The van der Waals surface area contributed by atoms with Crippen LogP contribution in [-0.4, -0.2) is 50.3 Å². The molecule has 1 heterocycles. The molecule has 5 heteroatoms. The van der Waals surface area contributed by atoms with Crippen LogP contribution < -0.4 is 10.6 Å². The van der Waals surface area contributed by atoms with E-state index in [1.807, 2.05) is 11.8 Å². The van der Waals surface area contributed by atoms with E-state index in [0.717, 1.165) is 32.3 Å². The molecule has 100 valence electrons. The van der Waals surface area contributed by atoms with Crippen molar-refractivity contribution >= 4 is 17.7 Å². The molecule has 0 atom stereocenters. The van der Waals surface area contributed by atoms with Gasteiger partial charge in [0, 0.05) is 30.3 Å². The number of rotatable bonds is 5. The first kappa shape index (κ1) is 14.6. The first-order chi connectivity index (χ1) is 7.91. The van der Waals surface area contributed by atoms with Crippen molar-refractivity contribution in [2.75, 3.05) is 39.6 Å². The van der Waals surface area contributed by atoms with Crippen LogP contribution in [0.15, 0.2) is 4.99 Å². The number of nitrogens with zero attached hydrogens (tertiary/aromatic N) is 1.